The number of nitrogens with two attached hydrogens (primary N) is 1. The first-order valence-electron chi connectivity index (χ1n) is 3.94. The zero-order valence-electron chi connectivity index (χ0n) is 7.35. The normalized spacial score (nSPS) is 12.8. The van der Waals surface area contributed by atoms with Gasteiger partial charge in [-0.1, -0.05) is 31.4 Å². The average molecular weight is 157 g/mol. The molecule has 0 bridgehead atoms. The van der Waals surface area contributed by atoms with Gasteiger partial charge in [0.1, 0.15) is 0 Å². The second-order valence-corrected chi connectivity index (χ2v) is 8.76. The fourth-order valence-corrected chi connectivity index (χ4v) is 1.55. The Labute approximate surface area is 65.3 Å². The molecular weight excluding hydrogens is 138 g/mol. The van der Waals surface area contributed by atoms with Gasteiger partial charge in [0.05, 0.1) is 8.07 Å². The quantitative estimate of drug-likeness (QED) is 0.491. The first kappa shape index (κ1) is 9.92. The van der Waals surface area contributed by atoms with E-state index < -0.39 is 8.07 Å². The van der Waals surface area contributed by atoms with Crippen molar-refractivity contribution in [3.8, 4) is 0 Å². The maximum Gasteiger partial charge on any atom is 0.0682 e. The summed E-state index contributed by atoms with van der Waals surface area (Å²) < 4.78 is 0. The van der Waals surface area contributed by atoms with E-state index in [4.69, 9.17) is 5.73 Å². The van der Waals surface area contributed by atoms with Gasteiger partial charge in [0, 0.05) is 0 Å². The molecule has 0 rings (SSSR count). The highest BCUT2D eigenvalue weighted by Crippen LogP contribution is 2.02. The van der Waals surface area contributed by atoms with E-state index in [1.54, 1.807) is 0 Å². The fraction of sp³-hybridized carbons (Fsp3) is 0.750. The molecule has 0 radical (unpaired) electrons. The van der Waals surface area contributed by atoms with E-state index in [2.05, 4.69) is 31.4 Å². The summed E-state index contributed by atoms with van der Waals surface area (Å²) in [5.74, 6) is 0. The van der Waals surface area contributed by atoms with Crippen LogP contribution in [0.4, 0.5) is 0 Å². The van der Waals surface area contributed by atoms with E-state index >= 15 is 0 Å². The number of hydrogen-bond donors (Lipinski definition) is 1. The number of rotatable bonds is 4. The maximum absolute atomic E-state index is 5.36. The van der Waals surface area contributed by atoms with Crippen molar-refractivity contribution in [3.05, 3.63) is 11.8 Å². The Kier molecular flexibility index (Phi) is 4.65. The Morgan fingerprint density at radius 2 is 1.90 bits per heavy atom. The molecule has 0 saturated carbocycles. The van der Waals surface area contributed by atoms with Crippen LogP contribution in [0, 0.1) is 0 Å². The van der Waals surface area contributed by atoms with Crippen molar-refractivity contribution in [1.82, 2.24) is 0 Å². The minimum atomic E-state index is -0.929. The smallest absolute Gasteiger partial charge is 0.0682 e. The van der Waals surface area contributed by atoms with Gasteiger partial charge in [-0.05, 0) is 19.4 Å². The summed E-state index contributed by atoms with van der Waals surface area (Å²) >= 11 is 0. The van der Waals surface area contributed by atoms with Crippen LogP contribution in [0.5, 0.6) is 0 Å². The van der Waals surface area contributed by atoms with E-state index in [0.717, 1.165) is 19.4 Å². The van der Waals surface area contributed by atoms with E-state index in [0.29, 0.717) is 0 Å². The molecule has 2 heteroatoms. The van der Waals surface area contributed by atoms with Crippen molar-refractivity contribution in [2.45, 2.75) is 32.5 Å². The van der Waals surface area contributed by atoms with Gasteiger partial charge in [-0.3, -0.25) is 0 Å². The molecule has 1 nitrogen and oxygen atoms in total. The Balaban J connectivity index is 3.37. The lowest BCUT2D eigenvalue weighted by Gasteiger charge is -2.07. The number of hydrogen-bond acceptors (Lipinski definition) is 1. The molecule has 60 valence electrons. The van der Waals surface area contributed by atoms with Gasteiger partial charge in [0.15, 0.2) is 0 Å². The summed E-state index contributed by atoms with van der Waals surface area (Å²) in [5, 5.41) is 0. The van der Waals surface area contributed by atoms with Crippen LogP contribution in [0.1, 0.15) is 12.8 Å². The lowest BCUT2D eigenvalue weighted by Crippen LogP contribution is -2.15. The van der Waals surface area contributed by atoms with E-state index in [1.165, 1.54) is 0 Å². The molecule has 0 aliphatic rings. The SMILES string of the molecule is C[Si](C)(C)/C=C\CCCN. The lowest BCUT2D eigenvalue weighted by molar-refractivity contribution is 0.855. The molecule has 0 aromatic carbocycles. The molecule has 0 fully saturated rings. The predicted molar refractivity (Wildman–Crippen MR) is 50.8 cm³/mol. The van der Waals surface area contributed by atoms with Crippen LogP contribution in [0.15, 0.2) is 11.8 Å². The highest BCUT2D eigenvalue weighted by Gasteiger charge is 2.05. The van der Waals surface area contributed by atoms with Crippen LogP contribution >= 0.6 is 0 Å². The van der Waals surface area contributed by atoms with Gasteiger partial charge < -0.3 is 5.73 Å². The van der Waals surface area contributed by atoms with Crippen molar-refractivity contribution < 1.29 is 0 Å². The van der Waals surface area contributed by atoms with Gasteiger partial charge in [0.25, 0.3) is 0 Å². The van der Waals surface area contributed by atoms with Gasteiger partial charge in [-0.15, -0.1) is 0 Å². The Hall–Kier alpha value is -0.0831. The monoisotopic (exact) mass is 157 g/mol. The Morgan fingerprint density at radius 3 is 2.30 bits per heavy atom. The average Bonchev–Trinajstić information content (AvgIpc) is 1.78. The van der Waals surface area contributed by atoms with Gasteiger partial charge in [0.2, 0.25) is 0 Å². The summed E-state index contributed by atoms with van der Waals surface area (Å²) in [5.41, 5.74) is 7.73. The summed E-state index contributed by atoms with van der Waals surface area (Å²) in [4.78, 5) is 0. The molecule has 0 unspecified atom stereocenters. The van der Waals surface area contributed by atoms with Crippen LogP contribution in [0.25, 0.3) is 0 Å². The fourth-order valence-electron chi connectivity index (χ4n) is 0.673. The van der Waals surface area contributed by atoms with Crippen molar-refractivity contribution in [3.63, 3.8) is 0 Å². The standard InChI is InChI=1S/C8H19NSi/c1-10(2,3)8-6-4-5-7-9/h6,8H,4-5,7,9H2,1-3H3/b8-6-. The molecule has 0 spiro atoms. The minimum absolute atomic E-state index is 0.816. The third-order valence-electron chi connectivity index (χ3n) is 1.19. The second-order valence-electron chi connectivity index (χ2n) is 3.70. The van der Waals surface area contributed by atoms with Crippen LogP contribution in [-0.2, 0) is 0 Å². The lowest BCUT2D eigenvalue weighted by atomic mass is 10.3. The van der Waals surface area contributed by atoms with E-state index in [1.807, 2.05) is 0 Å². The first-order valence-corrected chi connectivity index (χ1v) is 7.52. The van der Waals surface area contributed by atoms with Crippen LogP contribution in [0.3, 0.4) is 0 Å². The highest BCUT2D eigenvalue weighted by molar-refractivity contribution is 6.80. The van der Waals surface area contributed by atoms with Crippen molar-refractivity contribution in [2.75, 3.05) is 6.54 Å². The molecule has 0 amide bonds. The Bertz CT molecular complexity index is 102. The number of allylic oxidation sites excluding steroid dienone is 1. The third-order valence-corrected chi connectivity index (χ3v) is 2.43. The highest BCUT2D eigenvalue weighted by atomic mass is 28.3. The van der Waals surface area contributed by atoms with Crippen molar-refractivity contribution in [1.29, 1.82) is 0 Å². The van der Waals surface area contributed by atoms with E-state index in [-0.39, 0.29) is 0 Å². The Morgan fingerprint density at radius 1 is 1.30 bits per heavy atom. The minimum Gasteiger partial charge on any atom is -0.330 e. The van der Waals surface area contributed by atoms with Gasteiger partial charge in [-0.25, -0.2) is 0 Å². The molecule has 0 aliphatic heterocycles. The summed E-state index contributed by atoms with van der Waals surface area (Å²) in [7, 11) is -0.929. The summed E-state index contributed by atoms with van der Waals surface area (Å²) in [6.45, 7) is 7.83. The largest absolute Gasteiger partial charge is 0.330 e. The van der Waals surface area contributed by atoms with E-state index in [9.17, 15) is 0 Å². The molecule has 0 aromatic rings. The topological polar surface area (TPSA) is 26.0 Å². The molecule has 2 N–H and O–H groups in total. The molecule has 10 heavy (non-hydrogen) atoms. The molecule has 0 saturated heterocycles. The second kappa shape index (κ2) is 4.69. The molecule has 0 heterocycles. The van der Waals surface area contributed by atoms with Gasteiger partial charge in [-0.2, -0.15) is 0 Å². The van der Waals surface area contributed by atoms with Crippen LogP contribution in [0.2, 0.25) is 19.6 Å². The molecule has 0 aromatic heterocycles. The summed E-state index contributed by atoms with van der Waals surface area (Å²) in [6, 6.07) is 0. The predicted octanol–water partition coefficient (Wildman–Crippen LogP) is 2.16. The zero-order chi connectivity index (χ0) is 8.04. The third kappa shape index (κ3) is 7.92. The van der Waals surface area contributed by atoms with Crippen molar-refractivity contribution >= 4 is 8.07 Å². The summed E-state index contributed by atoms with van der Waals surface area (Å²) in [6.07, 6.45) is 4.56. The first-order chi connectivity index (χ1) is 4.56. The molecule has 0 atom stereocenters. The van der Waals surface area contributed by atoms with Crippen molar-refractivity contribution in [2.24, 2.45) is 5.73 Å². The molecular formula is C8H19NSi. The maximum atomic E-state index is 5.36. The molecule has 0 aliphatic carbocycles. The van der Waals surface area contributed by atoms with Gasteiger partial charge >= 0.3 is 0 Å². The van der Waals surface area contributed by atoms with Crippen LogP contribution in [-0.4, -0.2) is 14.6 Å². The number of unbranched alkanes of at least 4 members (excludes halogenated alkanes) is 1. The zero-order valence-corrected chi connectivity index (χ0v) is 8.35. The van der Waals surface area contributed by atoms with Crippen LogP contribution < -0.4 is 5.73 Å².